The van der Waals surface area contributed by atoms with Gasteiger partial charge in [-0.2, -0.15) is 5.10 Å². The van der Waals surface area contributed by atoms with Crippen LogP contribution in [0.1, 0.15) is 31.3 Å². The smallest absolute Gasteiger partial charge is 0.140 e. The molecule has 2 rings (SSSR count). The summed E-state index contributed by atoms with van der Waals surface area (Å²) < 4.78 is 7.27. The molecule has 1 aromatic carbocycles. The highest BCUT2D eigenvalue weighted by atomic mass is 16.5. The molecule has 0 saturated heterocycles. The van der Waals surface area contributed by atoms with E-state index in [1.165, 1.54) is 0 Å². The van der Waals surface area contributed by atoms with Crippen LogP contribution in [0.4, 0.5) is 0 Å². The summed E-state index contributed by atoms with van der Waals surface area (Å²) in [6.07, 6.45) is 1.59. The Labute approximate surface area is 113 Å². The van der Waals surface area contributed by atoms with Crippen molar-refractivity contribution in [2.75, 3.05) is 7.11 Å². The molecule has 1 N–H and O–H groups in total. The van der Waals surface area contributed by atoms with Crippen LogP contribution in [0, 0.1) is 0 Å². The summed E-state index contributed by atoms with van der Waals surface area (Å²) in [6, 6.07) is 8.23. The van der Waals surface area contributed by atoms with Gasteiger partial charge in [0.15, 0.2) is 0 Å². The van der Waals surface area contributed by atoms with Crippen molar-refractivity contribution in [2.24, 2.45) is 0 Å². The number of aromatic nitrogens is 3. The van der Waals surface area contributed by atoms with E-state index >= 15 is 0 Å². The summed E-state index contributed by atoms with van der Waals surface area (Å²) in [7, 11) is 1.69. The summed E-state index contributed by atoms with van der Waals surface area (Å²) in [5, 5.41) is 7.61. The van der Waals surface area contributed by atoms with E-state index < -0.39 is 0 Å². The number of rotatable bonds is 6. The molecule has 5 heteroatoms. The van der Waals surface area contributed by atoms with Gasteiger partial charge in [0.25, 0.3) is 0 Å². The minimum Gasteiger partial charge on any atom is -0.496 e. The molecule has 19 heavy (non-hydrogen) atoms. The molecule has 2 aromatic rings. The fourth-order valence-corrected chi connectivity index (χ4v) is 2.07. The van der Waals surface area contributed by atoms with Crippen LogP contribution >= 0.6 is 0 Å². The Kier molecular flexibility index (Phi) is 4.52. The topological polar surface area (TPSA) is 52.0 Å². The van der Waals surface area contributed by atoms with Crippen LogP contribution in [0.3, 0.4) is 0 Å². The molecular weight excluding hydrogens is 240 g/mol. The van der Waals surface area contributed by atoms with E-state index in [0.29, 0.717) is 6.54 Å². The molecule has 0 aliphatic rings. The van der Waals surface area contributed by atoms with E-state index in [1.54, 1.807) is 13.4 Å². The lowest BCUT2D eigenvalue weighted by Crippen LogP contribution is -2.21. The zero-order valence-corrected chi connectivity index (χ0v) is 11.6. The van der Waals surface area contributed by atoms with Crippen molar-refractivity contribution in [1.82, 2.24) is 20.1 Å². The van der Waals surface area contributed by atoms with Gasteiger partial charge in [-0.25, -0.2) is 9.67 Å². The van der Waals surface area contributed by atoms with Crippen LogP contribution in [0.25, 0.3) is 0 Å². The van der Waals surface area contributed by atoms with E-state index in [1.807, 2.05) is 22.9 Å². The number of ether oxygens (including phenoxy) is 1. The lowest BCUT2D eigenvalue weighted by molar-refractivity contribution is 0.400. The van der Waals surface area contributed by atoms with Crippen LogP contribution in [-0.4, -0.2) is 21.9 Å². The average molecular weight is 260 g/mol. The predicted molar refractivity (Wildman–Crippen MR) is 73.9 cm³/mol. The number of nitrogens with one attached hydrogen (secondary N) is 1. The van der Waals surface area contributed by atoms with Crippen molar-refractivity contribution in [3.8, 4) is 5.75 Å². The third-order valence-corrected chi connectivity index (χ3v) is 3.17. The van der Waals surface area contributed by atoms with E-state index in [-0.39, 0.29) is 6.04 Å². The van der Waals surface area contributed by atoms with Crippen molar-refractivity contribution in [2.45, 2.75) is 33.0 Å². The van der Waals surface area contributed by atoms with Gasteiger partial charge in [-0.15, -0.1) is 0 Å². The molecule has 0 saturated carbocycles. The van der Waals surface area contributed by atoms with E-state index in [0.717, 1.165) is 23.7 Å². The summed E-state index contributed by atoms with van der Waals surface area (Å²) in [5.41, 5.74) is 1.15. The molecule has 0 radical (unpaired) electrons. The van der Waals surface area contributed by atoms with E-state index in [4.69, 9.17) is 4.74 Å². The number of methoxy groups -OCH3 is 1. The minimum atomic E-state index is 0.193. The molecule has 0 unspecified atom stereocenters. The summed E-state index contributed by atoms with van der Waals surface area (Å²) in [6.45, 7) is 5.69. The molecule has 1 aromatic heterocycles. The normalized spacial score (nSPS) is 12.4. The highest BCUT2D eigenvalue weighted by molar-refractivity contribution is 5.35. The first-order valence-corrected chi connectivity index (χ1v) is 6.49. The zero-order valence-electron chi connectivity index (χ0n) is 11.6. The largest absolute Gasteiger partial charge is 0.496 e. The number of aryl methyl sites for hydroxylation is 1. The van der Waals surface area contributed by atoms with Crippen molar-refractivity contribution < 1.29 is 4.74 Å². The number of benzene rings is 1. The fraction of sp³-hybridized carbons (Fsp3) is 0.429. The van der Waals surface area contributed by atoms with Crippen molar-refractivity contribution in [1.29, 1.82) is 0 Å². The first-order chi connectivity index (χ1) is 9.26. The maximum atomic E-state index is 5.38. The van der Waals surface area contributed by atoms with Gasteiger partial charge in [-0.3, -0.25) is 0 Å². The number of hydrogen-bond acceptors (Lipinski definition) is 4. The lowest BCUT2D eigenvalue weighted by Gasteiger charge is -2.17. The SMILES string of the molecule is CCn1ncnc1CN[C@@H](C)c1ccccc1OC. The van der Waals surface area contributed by atoms with E-state index in [9.17, 15) is 0 Å². The van der Waals surface area contributed by atoms with Crippen LogP contribution < -0.4 is 10.1 Å². The van der Waals surface area contributed by atoms with Gasteiger partial charge in [0.2, 0.25) is 0 Å². The minimum absolute atomic E-state index is 0.193. The van der Waals surface area contributed by atoms with Crippen LogP contribution in [0.2, 0.25) is 0 Å². The standard InChI is InChI=1S/C14H20N4O/c1-4-18-14(16-10-17-18)9-15-11(2)12-7-5-6-8-13(12)19-3/h5-8,10-11,15H,4,9H2,1-3H3/t11-/m0/s1. The zero-order chi connectivity index (χ0) is 13.7. The first-order valence-electron chi connectivity index (χ1n) is 6.49. The average Bonchev–Trinajstić information content (AvgIpc) is 2.92. The quantitative estimate of drug-likeness (QED) is 0.864. The summed E-state index contributed by atoms with van der Waals surface area (Å²) in [5.74, 6) is 1.85. The van der Waals surface area contributed by atoms with Crippen molar-refractivity contribution in [3.05, 3.63) is 42.0 Å². The van der Waals surface area contributed by atoms with Gasteiger partial charge >= 0.3 is 0 Å². The Balaban J connectivity index is 2.03. The maximum Gasteiger partial charge on any atom is 0.140 e. The molecule has 5 nitrogen and oxygen atoms in total. The lowest BCUT2D eigenvalue weighted by atomic mass is 10.1. The number of nitrogens with zero attached hydrogens (tertiary/aromatic N) is 3. The molecule has 0 fully saturated rings. The Morgan fingerprint density at radius 3 is 2.89 bits per heavy atom. The molecular formula is C14H20N4O. The second-order valence-electron chi connectivity index (χ2n) is 4.34. The van der Waals surface area contributed by atoms with Gasteiger partial charge in [-0.1, -0.05) is 18.2 Å². The molecule has 0 aliphatic heterocycles. The van der Waals surface area contributed by atoms with Crippen molar-refractivity contribution in [3.63, 3.8) is 0 Å². The van der Waals surface area contributed by atoms with Gasteiger partial charge in [-0.05, 0) is 19.9 Å². The maximum absolute atomic E-state index is 5.38. The van der Waals surface area contributed by atoms with Crippen LogP contribution in [0.15, 0.2) is 30.6 Å². The summed E-state index contributed by atoms with van der Waals surface area (Å²) >= 11 is 0. The molecule has 1 atom stereocenters. The predicted octanol–water partition coefficient (Wildman–Crippen LogP) is 2.16. The highest BCUT2D eigenvalue weighted by Gasteiger charge is 2.11. The van der Waals surface area contributed by atoms with Gasteiger partial charge in [0.1, 0.15) is 17.9 Å². The van der Waals surface area contributed by atoms with Crippen LogP contribution in [-0.2, 0) is 13.1 Å². The highest BCUT2D eigenvalue weighted by Crippen LogP contribution is 2.24. The molecule has 1 heterocycles. The van der Waals surface area contributed by atoms with Crippen molar-refractivity contribution >= 4 is 0 Å². The Bertz CT molecular complexity index is 524. The Morgan fingerprint density at radius 2 is 2.16 bits per heavy atom. The molecule has 0 spiro atoms. The Morgan fingerprint density at radius 1 is 1.37 bits per heavy atom. The fourth-order valence-electron chi connectivity index (χ4n) is 2.07. The number of hydrogen-bond donors (Lipinski definition) is 1. The number of para-hydroxylation sites is 1. The monoisotopic (exact) mass is 260 g/mol. The van der Waals surface area contributed by atoms with Gasteiger partial charge < -0.3 is 10.1 Å². The molecule has 0 aliphatic carbocycles. The third kappa shape index (κ3) is 3.12. The van der Waals surface area contributed by atoms with Gasteiger partial charge in [0.05, 0.1) is 13.7 Å². The van der Waals surface area contributed by atoms with E-state index in [2.05, 4.69) is 35.3 Å². The molecule has 0 amide bonds. The first kappa shape index (κ1) is 13.5. The third-order valence-electron chi connectivity index (χ3n) is 3.17. The summed E-state index contributed by atoms with van der Waals surface area (Å²) in [4.78, 5) is 4.25. The van der Waals surface area contributed by atoms with Crippen LogP contribution in [0.5, 0.6) is 5.75 Å². The molecule has 0 bridgehead atoms. The molecule has 102 valence electrons. The van der Waals surface area contributed by atoms with Gasteiger partial charge in [0, 0.05) is 18.2 Å². The Hall–Kier alpha value is -1.88. The second-order valence-corrected chi connectivity index (χ2v) is 4.34. The second kappa shape index (κ2) is 6.33.